The normalized spacial score (nSPS) is 35.6. The number of aromatic nitrogens is 1. The summed E-state index contributed by atoms with van der Waals surface area (Å²) in [6.45, 7) is 2.06. The number of halogens is 1. The van der Waals surface area contributed by atoms with E-state index in [1.807, 2.05) is 0 Å². The molecule has 4 aliphatic rings. The van der Waals surface area contributed by atoms with Crippen molar-refractivity contribution in [3.05, 3.63) is 22.4 Å². The van der Waals surface area contributed by atoms with Crippen LogP contribution in [0.5, 0.6) is 0 Å². The van der Waals surface area contributed by atoms with Crippen LogP contribution in [0.1, 0.15) is 62.4 Å². The van der Waals surface area contributed by atoms with Crippen molar-refractivity contribution in [1.29, 1.82) is 0 Å². The van der Waals surface area contributed by atoms with Crippen molar-refractivity contribution in [2.24, 2.45) is 28.3 Å². The Bertz CT molecular complexity index is 613. The van der Waals surface area contributed by atoms with E-state index in [2.05, 4.69) is 38.4 Å². The van der Waals surface area contributed by atoms with E-state index in [-0.39, 0.29) is 5.91 Å². The molecule has 0 aliphatic heterocycles. The van der Waals surface area contributed by atoms with Crippen molar-refractivity contribution in [2.45, 2.75) is 51.9 Å². The third-order valence-corrected chi connectivity index (χ3v) is 6.49. The average Bonchev–Trinajstić information content (AvgIpc) is 2.89. The van der Waals surface area contributed by atoms with Gasteiger partial charge in [-0.25, -0.2) is 5.43 Å². The van der Waals surface area contributed by atoms with Gasteiger partial charge in [-0.1, -0.05) is 0 Å². The van der Waals surface area contributed by atoms with Gasteiger partial charge in [-0.15, -0.1) is 0 Å². The van der Waals surface area contributed by atoms with E-state index in [0.717, 1.165) is 34.4 Å². The number of nitrogens with one attached hydrogen (secondary N) is 2. The van der Waals surface area contributed by atoms with Crippen LogP contribution in [0.3, 0.4) is 0 Å². The Morgan fingerprint density at radius 1 is 1.30 bits per heavy atom. The van der Waals surface area contributed by atoms with Gasteiger partial charge in [0.05, 0.1) is 0 Å². The van der Waals surface area contributed by atoms with Crippen LogP contribution in [0.4, 0.5) is 0 Å². The molecule has 0 atom stereocenters. The molecule has 0 radical (unpaired) electrons. The Morgan fingerprint density at radius 2 is 1.91 bits per heavy atom. The molecular weight excluding hydrogens is 354 g/mol. The van der Waals surface area contributed by atoms with Crippen LogP contribution in [0.25, 0.3) is 0 Å². The number of hydrazone groups is 1. The second kappa shape index (κ2) is 5.76. The van der Waals surface area contributed by atoms with Crippen LogP contribution < -0.4 is 5.43 Å². The van der Waals surface area contributed by atoms with Crippen molar-refractivity contribution in [3.63, 3.8) is 0 Å². The molecule has 4 bridgehead atoms. The molecule has 1 aromatic heterocycles. The molecule has 4 saturated carbocycles. The van der Waals surface area contributed by atoms with Gasteiger partial charge < -0.3 is 4.98 Å². The maximum atomic E-state index is 12.1. The number of carbonyl (C=O) groups is 1. The maximum absolute atomic E-state index is 12.1. The van der Waals surface area contributed by atoms with Crippen LogP contribution in [0.2, 0.25) is 0 Å². The zero-order chi connectivity index (χ0) is 16.0. The molecule has 5 rings (SSSR count). The van der Waals surface area contributed by atoms with E-state index in [0.29, 0.717) is 11.1 Å². The Morgan fingerprint density at radius 3 is 2.43 bits per heavy atom. The first-order chi connectivity index (χ1) is 11.0. The van der Waals surface area contributed by atoms with Gasteiger partial charge in [0.25, 0.3) is 5.91 Å². The lowest BCUT2D eigenvalue weighted by Crippen LogP contribution is -2.46. The van der Waals surface area contributed by atoms with Gasteiger partial charge in [-0.3, -0.25) is 4.79 Å². The van der Waals surface area contributed by atoms with Gasteiger partial charge in [0.15, 0.2) is 0 Å². The summed E-state index contributed by atoms with van der Waals surface area (Å²) < 4.78 is 0.872. The second-order valence-corrected chi connectivity index (χ2v) is 9.03. The Kier molecular flexibility index (Phi) is 3.87. The summed E-state index contributed by atoms with van der Waals surface area (Å²) in [5.41, 5.74) is 4.76. The molecule has 4 nitrogen and oxygen atoms in total. The minimum atomic E-state index is -0.180. The number of nitrogens with zero attached hydrogens (tertiary/aromatic N) is 1. The fourth-order valence-electron chi connectivity index (χ4n) is 5.79. The molecule has 124 valence electrons. The first kappa shape index (κ1) is 15.4. The smallest absolute Gasteiger partial charge is 0.287 e. The molecule has 0 spiro atoms. The van der Waals surface area contributed by atoms with Crippen LogP contribution in [-0.4, -0.2) is 16.6 Å². The van der Waals surface area contributed by atoms with E-state index in [1.54, 1.807) is 12.3 Å². The predicted molar refractivity (Wildman–Crippen MR) is 94.3 cm³/mol. The standard InChI is InChI=1S/C18H24BrN3O/c1-11(21-22-17(23)16-5-15(19)10-20-16)6-18-7-12-2-13(8-18)4-14(3-12)9-18/h5,10,12-14,20H,2-4,6-9H2,1H3,(H,22,23). The summed E-state index contributed by atoms with van der Waals surface area (Å²) in [6.07, 6.45) is 11.3. The SMILES string of the molecule is CC(CC12CC3CC(CC(C3)C1)C2)=NNC(=O)c1cc(Br)c[nH]1. The maximum Gasteiger partial charge on any atom is 0.287 e. The third-order valence-electron chi connectivity index (χ3n) is 6.04. The van der Waals surface area contributed by atoms with Gasteiger partial charge >= 0.3 is 0 Å². The Labute approximate surface area is 145 Å². The first-order valence-corrected chi connectivity index (χ1v) is 9.48. The molecule has 1 heterocycles. The summed E-state index contributed by atoms with van der Waals surface area (Å²) in [6, 6.07) is 1.76. The highest BCUT2D eigenvalue weighted by atomic mass is 79.9. The van der Waals surface area contributed by atoms with Gasteiger partial charge in [-0.2, -0.15) is 5.10 Å². The summed E-state index contributed by atoms with van der Waals surface area (Å²) in [4.78, 5) is 15.0. The molecule has 4 aliphatic carbocycles. The summed E-state index contributed by atoms with van der Waals surface area (Å²) in [7, 11) is 0. The summed E-state index contributed by atoms with van der Waals surface area (Å²) in [5.74, 6) is 2.69. The van der Waals surface area contributed by atoms with E-state index >= 15 is 0 Å². The van der Waals surface area contributed by atoms with Gasteiger partial charge in [0, 0.05) is 16.4 Å². The van der Waals surface area contributed by atoms with Crippen molar-refractivity contribution in [1.82, 2.24) is 10.4 Å². The fraction of sp³-hybridized carbons (Fsp3) is 0.667. The molecule has 23 heavy (non-hydrogen) atoms. The quantitative estimate of drug-likeness (QED) is 0.589. The van der Waals surface area contributed by atoms with Gasteiger partial charge in [0.1, 0.15) is 5.69 Å². The van der Waals surface area contributed by atoms with Crippen molar-refractivity contribution < 1.29 is 4.79 Å². The lowest BCUT2D eigenvalue weighted by molar-refractivity contribution is -0.0482. The molecule has 1 amide bonds. The van der Waals surface area contributed by atoms with Crippen LogP contribution in [0.15, 0.2) is 21.8 Å². The molecule has 0 saturated heterocycles. The van der Waals surface area contributed by atoms with Crippen LogP contribution >= 0.6 is 15.9 Å². The highest BCUT2D eigenvalue weighted by Crippen LogP contribution is 2.61. The third kappa shape index (κ3) is 3.12. The number of amides is 1. The lowest BCUT2D eigenvalue weighted by Gasteiger charge is -2.57. The van der Waals surface area contributed by atoms with Gasteiger partial charge in [-0.05, 0) is 97.0 Å². The number of hydrogen-bond acceptors (Lipinski definition) is 2. The predicted octanol–water partition coefficient (Wildman–Crippen LogP) is 4.49. The van der Waals surface area contributed by atoms with E-state index < -0.39 is 0 Å². The minimum Gasteiger partial charge on any atom is -0.356 e. The zero-order valence-corrected chi connectivity index (χ0v) is 15.2. The lowest BCUT2D eigenvalue weighted by atomic mass is 9.48. The molecule has 2 N–H and O–H groups in total. The highest BCUT2D eigenvalue weighted by molar-refractivity contribution is 9.10. The largest absolute Gasteiger partial charge is 0.356 e. The van der Waals surface area contributed by atoms with Crippen molar-refractivity contribution in [3.8, 4) is 0 Å². The number of hydrogen-bond donors (Lipinski definition) is 2. The van der Waals surface area contributed by atoms with Gasteiger partial charge in [0.2, 0.25) is 0 Å². The summed E-state index contributed by atoms with van der Waals surface area (Å²) in [5, 5.41) is 4.37. The minimum absolute atomic E-state index is 0.180. The highest BCUT2D eigenvalue weighted by Gasteiger charge is 2.50. The fourth-order valence-corrected chi connectivity index (χ4v) is 6.14. The molecule has 5 heteroatoms. The van der Waals surface area contributed by atoms with Crippen molar-refractivity contribution in [2.75, 3.05) is 0 Å². The topological polar surface area (TPSA) is 57.2 Å². The van der Waals surface area contributed by atoms with E-state index in [1.165, 1.54) is 38.5 Å². The molecular formula is C18H24BrN3O. The van der Waals surface area contributed by atoms with E-state index in [4.69, 9.17) is 0 Å². The summed E-state index contributed by atoms with van der Waals surface area (Å²) >= 11 is 3.34. The molecule has 0 aromatic carbocycles. The average molecular weight is 378 g/mol. The van der Waals surface area contributed by atoms with Crippen molar-refractivity contribution >= 4 is 27.5 Å². The molecule has 0 unspecified atom stereocenters. The second-order valence-electron chi connectivity index (χ2n) is 8.11. The Hall–Kier alpha value is -1.10. The number of rotatable bonds is 4. The van der Waals surface area contributed by atoms with Crippen LogP contribution in [0, 0.1) is 23.2 Å². The Balaban J connectivity index is 1.39. The molecule has 1 aromatic rings. The van der Waals surface area contributed by atoms with Crippen LogP contribution in [-0.2, 0) is 0 Å². The monoisotopic (exact) mass is 377 g/mol. The number of carbonyl (C=O) groups excluding carboxylic acids is 1. The number of H-pyrrole nitrogens is 1. The van der Waals surface area contributed by atoms with E-state index in [9.17, 15) is 4.79 Å². The molecule has 4 fully saturated rings. The zero-order valence-electron chi connectivity index (χ0n) is 13.6. The number of aromatic amines is 1. The first-order valence-electron chi connectivity index (χ1n) is 8.69.